The second-order valence-electron chi connectivity index (χ2n) is 6.84. The minimum absolute atomic E-state index is 0.101. The van der Waals surface area contributed by atoms with Crippen LogP contribution in [0.5, 0.6) is 11.5 Å². The molecule has 1 saturated carbocycles. The first-order valence-electron chi connectivity index (χ1n) is 9.01. The second kappa shape index (κ2) is 6.99. The number of rotatable bonds is 3. The molecule has 3 unspecified atom stereocenters. The Morgan fingerprint density at radius 1 is 1.12 bits per heavy atom. The van der Waals surface area contributed by atoms with Crippen molar-refractivity contribution in [1.29, 1.82) is 0 Å². The second-order valence-corrected chi connectivity index (χ2v) is 6.84. The summed E-state index contributed by atoms with van der Waals surface area (Å²) in [5.74, 6) is 1.71. The Kier molecular flexibility index (Phi) is 4.58. The predicted octanol–water partition coefficient (Wildman–Crippen LogP) is 1.61. The van der Waals surface area contributed by atoms with Crippen LogP contribution in [0.4, 0.5) is 0 Å². The topological polar surface area (TPSA) is 71.6 Å². The van der Waals surface area contributed by atoms with Crippen molar-refractivity contribution in [3.8, 4) is 11.5 Å². The van der Waals surface area contributed by atoms with E-state index in [0.29, 0.717) is 48.8 Å². The van der Waals surface area contributed by atoms with E-state index in [9.17, 15) is 4.79 Å². The Morgan fingerprint density at radius 2 is 2.00 bits per heavy atom. The van der Waals surface area contributed by atoms with Crippen molar-refractivity contribution < 1.29 is 14.3 Å². The number of amides is 1. The normalized spacial score (nSPS) is 28.8. The molecule has 2 heterocycles. The highest BCUT2D eigenvalue weighted by atomic mass is 16.6. The van der Waals surface area contributed by atoms with E-state index in [2.05, 4.69) is 16.2 Å². The fourth-order valence-electron chi connectivity index (χ4n) is 4.07. The number of ether oxygens (including phenoxy) is 2. The van der Waals surface area contributed by atoms with Crippen molar-refractivity contribution >= 4 is 5.91 Å². The fourth-order valence-corrected chi connectivity index (χ4v) is 4.07. The van der Waals surface area contributed by atoms with Gasteiger partial charge in [-0.25, -0.2) is 0 Å². The number of hydrogen-bond donors (Lipinski definition) is 3. The summed E-state index contributed by atoms with van der Waals surface area (Å²) in [7, 11) is 0. The first kappa shape index (κ1) is 15.7. The van der Waals surface area contributed by atoms with Gasteiger partial charge in [-0.05, 0) is 30.9 Å². The molecule has 6 heteroatoms. The van der Waals surface area contributed by atoms with Crippen molar-refractivity contribution in [1.82, 2.24) is 16.2 Å². The van der Waals surface area contributed by atoms with Crippen LogP contribution >= 0.6 is 0 Å². The molecule has 0 radical (unpaired) electrons. The van der Waals surface area contributed by atoms with Crippen LogP contribution in [0.2, 0.25) is 0 Å². The third-order valence-corrected chi connectivity index (χ3v) is 5.33. The number of benzene rings is 1. The number of para-hydroxylation sites is 1. The average Bonchev–Trinajstić information content (AvgIpc) is 2.85. The predicted molar refractivity (Wildman–Crippen MR) is 90.2 cm³/mol. The molecule has 1 aromatic rings. The zero-order chi connectivity index (χ0) is 16.4. The summed E-state index contributed by atoms with van der Waals surface area (Å²) in [5.41, 5.74) is 7.34. The van der Waals surface area contributed by atoms with Crippen molar-refractivity contribution in [2.45, 2.75) is 44.2 Å². The largest absolute Gasteiger partial charge is 0.486 e. The summed E-state index contributed by atoms with van der Waals surface area (Å²) in [6.45, 7) is 1.63. The van der Waals surface area contributed by atoms with E-state index < -0.39 is 0 Å². The van der Waals surface area contributed by atoms with Crippen LogP contribution in [-0.2, 0) is 0 Å². The van der Waals surface area contributed by atoms with Crippen LogP contribution in [0.3, 0.4) is 0 Å². The zero-order valence-electron chi connectivity index (χ0n) is 13.8. The number of nitrogens with one attached hydrogen (secondary N) is 3. The molecular formula is C18H25N3O3. The average molecular weight is 331 g/mol. The SMILES string of the molecule is O=C(NCC1NNC2CCCCCC21)c1cccc2c1OCCO2. The Morgan fingerprint density at radius 3 is 2.96 bits per heavy atom. The fraction of sp³-hybridized carbons (Fsp3) is 0.611. The molecule has 6 nitrogen and oxygen atoms in total. The van der Waals surface area contributed by atoms with Crippen molar-refractivity contribution in [3.63, 3.8) is 0 Å². The Bertz CT molecular complexity index is 607. The molecule has 1 aromatic carbocycles. The van der Waals surface area contributed by atoms with Gasteiger partial charge >= 0.3 is 0 Å². The van der Waals surface area contributed by atoms with E-state index in [0.717, 1.165) is 0 Å². The highest BCUT2D eigenvalue weighted by Gasteiger charge is 2.36. The maximum atomic E-state index is 12.6. The molecule has 2 fully saturated rings. The lowest BCUT2D eigenvalue weighted by molar-refractivity contribution is 0.0936. The van der Waals surface area contributed by atoms with Gasteiger partial charge in [-0.1, -0.05) is 25.3 Å². The highest BCUT2D eigenvalue weighted by Crippen LogP contribution is 2.33. The number of hydrogen-bond acceptors (Lipinski definition) is 5. The number of fused-ring (bicyclic) bond motifs is 2. The minimum atomic E-state index is -0.101. The lowest BCUT2D eigenvalue weighted by Gasteiger charge is -2.22. The molecule has 4 rings (SSSR count). The standard InChI is InChI=1S/C18H25N3O3/c22-18(13-6-4-8-16-17(13)24-10-9-23-16)19-11-15-12-5-2-1-3-7-14(12)20-21-15/h4,6,8,12,14-15,20-21H,1-3,5,7,9-11H2,(H,19,22). The van der Waals surface area contributed by atoms with Crippen LogP contribution in [0, 0.1) is 5.92 Å². The molecule has 3 N–H and O–H groups in total. The smallest absolute Gasteiger partial charge is 0.255 e. The first-order chi connectivity index (χ1) is 11.8. The third-order valence-electron chi connectivity index (χ3n) is 5.33. The molecule has 0 spiro atoms. The molecular weight excluding hydrogens is 306 g/mol. The lowest BCUT2D eigenvalue weighted by Crippen LogP contribution is -2.42. The Balaban J connectivity index is 1.40. The van der Waals surface area contributed by atoms with E-state index in [-0.39, 0.29) is 11.9 Å². The molecule has 0 aromatic heterocycles. The third kappa shape index (κ3) is 3.08. The molecule has 1 saturated heterocycles. The summed E-state index contributed by atoms with van der Waals surface area (Å²) in [5, 5.41) is 3.07. The van der Waals surface area contributed by atoms with E-state index in [1.807, 2.05) is 12.1 Å². The van der Waals surface area contributed by atoms with Gasteiger partial charge < -0.3 is 14.8 Å². The van der Waals surface area contributed by atoms with Crippen LogP contribution in [0.1, 0.15) is 42.5 Å². The molecule has 24 heavy (non-hydrogen) atoms. The van der Waals surface area contributed by atoms with Gasteiger partial charge in [0.2, 0.25) is 0 Å². The summed E-state index contributed by atoms with van der Waals surface area (Å²) in [6, 6.07) is 6.28. The summed E-state index contributed by atoms with van der Waals surface area (Å²) < 4.78 is 11.2. The number of carbonyl (C=O) groups is 1. The van der Waals surface area contributed by atoms with Crippen molar-refractivity contribution in [2.75, 3.05) is 19.8 Å². The van der Waals surface area contributed by atoms with E-state index in [1.54, 1.807) is 6.07 Å². The summed E-state index contributed by atoms with van der Waals surface area (Å²) in [4.78, 5) is 12.6. The van der Waals surface area contributed by atoms with E-state index >= 15 is 0 Å². The van der Waals surface area contributed by atoms with Crippen LogP contribution in [0.15, 0.2) is 18.2 Å². The molecule has 0 bridgehead atoms. The maximum Gasteiger partial charge on any atom is 0.255 e. The van der Waals surface area contributed by atoms with E-state index in [4.69, 9.17) is 9.47 Å². The van der Waals surface area contributed by atoms with Crippen LogP contribution in [0.25, 0.3) is 0 Å². The molecule has 2 aliphatic heterocycles. The van der Waals surface area contributed by atoms with Gasteiger partial charge in [-0.3, -0.25) is 15.6 Å². The minimum Gasteiger partial charge on any atom is -0.486 e. The molecule has 3 atom stereocenters. The molecule has 1 aliphatic carbocycles. The monoisotopic (exact) mass is 331 g/mol. The van der Waals surface area contributed by atoms with Gasteiger partial charge in [0.25, 0.3) is 5.91 Å². The van der Waals surface area contributed by atoms with Gasteiger partial charge in [0.1, 0.15) is 13.2 Å². The van der Waals surface area contributed by atoms with Gasteiger partial charge in [0, 0.05) is 18.6 Å². The van der Waals surface area contributed by atoms with Gasteiger partial charge in [0.05, 0.1) is 5.56 Å². The Labute approximate surface area is 142 Å². The van der Waals surface area contributed by atoms with Crippen LogP contribution < -0.4 is 25.6 Å². The van der Waals surface area contributed by atoms with Crippen molar-refractivity contribution in [3.05, 3.63) is 23.8 Å². The molecule has 3 aliphatic rings. The molecule has 1 amide bonds. The van der Waals surface area contributed by atoms with Gasteiger partial charge in [-0.2, -0.15) is 0 Å². The van der Waals surface area contributed by atoms with Crippen LogP contribution in [-0.4, -0.2) is 37.7 Å². The lowest BCUT2D eigenvalue weighted by atomic mass is 9.90. The quantitative estimate of drug-likeness (QED) is 0.785. The van der Waals surface area contributed by atoms with Crippen molar-refractivity contribution in [2.24, 2.45) is 5.92 Å². The van der Waals surface area contributed by atoms with Gasteiger partial charge in [0.15, 0.2) is 11.5 Å². The zero-order valence-corrected chi connectivity index (χ0v) is 13.8. The number of hydrazine groups is 1. The first-order valence-corrected chi connectivity index (χ1v) is 9.01. The Hall–Kier alpha value is -1.79. The van der Waals surface area contributed by atoms with Gasteiger partial charge in [-0.15, -0.1) is 0 Å². The van der Waals surface area contributed by atoms with E-state index in [1.165, 1.54) is 32.1 Å². The summed E-state index contributed by atoms with van der Waals surface area (Å²) in [6.07, 6.45) is 6.35. The number of carbonyl (C=O) groups excluding carboxylic acids is 1. The maximum absolute atomic E-state index is 12.6. The highest BCUT2D eigenvalue weighted by molar-refractivity contribution is 5.97. The summed E-state index contributed by atoms with van der Waals surface area (Å²) >= 11 is 0. The molecule has 130 valence electrons.